The predicted octanol–water partition coefficient (Wildman–Crippen LogP) is 0.355. The molecule has 0 unspecified atom stereocenters. The molecule has 0 aromatic rings. The van der Waals surface area contributed by atoms with Crippen LogP contribution in [0.25, 0.3) is 0 Å². The van der Waals surface area contributed by atoms with Crippen molar-refractivity contribution in [3.63, 3.8) is 0 Å². The van der Waals surface area contributed by atoms with Crippen LogP contribution >= 0.6 is 0 Å². The maximum Gasteiger partial charge on any atom is 0.407 e. The van der Waals surface area contributed by atoms with E-state index in [4.69, 9.17) is 15.2 Å². The van der Waals surface area contributed by atoms with Gasteiger partial charge in [0.15, 0.2) is 0 Å². The Hall–Kier alpha value is -2.85. The summed E-state index contributed by atoms with van der Waals surface area (Å²) in [6, 6.07) is -2.19. The molecule has 31 heavy (non-hydrogen) atoms. The summed E-state index contributed by atoms with van der Waals surface area (Å²) < 4.78 is 10.0. The van der Waals surface area contributed by atoms with Crippen LogP contribution in [0.1, 0.15) is 60.8 Å². The van der Waals surface area contributed by atoms with Gasteiger partial charge in [-0.2, -0.15) is 0 Å². The van der Waals surface area contributed by atoms with Crippen LogP contribution in [0.15, 0.2) is 0 Å². The molecule has 4 amide bonds. The largest absolute Gasteiger partial charge is 0.464 e. The summed E-state index contributed by atoms with van der Waals surface area (Å²) >= 11 is 0. The number of esters is 1. The Morgan fingerprint density at radius 2 is 1.61 bits per heavy atom. The molecule has 0 aliphatic rings. The van der Waals surface area contributed by atoms with Gasteiger partial charge in [-0.3, -0.25) is 14.4 Å². The van der Waals surface area contributed by atoms with Gasteiger partial charge in [-0.25, -0.2) is 9.59 Å². The number of nitrogens with one attached hydrogen (secondary N) is 3. The standard InChI is InChI=1S/C20H36N4O7/c1-7-30-18(28)14(10-12(2)3)24-17(27)13(11-15(21)25)23-16(26)8-9-22-19(29)31-20(4,5)6/h12-14H,7-11H2,1-6H3,(H2,21,25)(H,22,29)(H,23,26)(H,24,27)/t13-,14-/m0/s1. The Labute approximate surface area is 183 Å². The fourth-order valence-electron chi connectivity index (χ4n) is 2.47. The van der Waals surface area contributed by atoms with Crippen LogP contribution in [0.3, 0.4) is 0 Å². The minimum Gasteiger partial charge on any atom is -0.464 e. The number of rotatable bonds is 12. The molecule has 0 bridgehead atoms. The van der Waals surface area contributed by atoms with Gasteiger partial charge in [-0.05, 0) is 40.0 Å². The Bertz CT molecular complexity index is 644. The molecular formula is C20H36N4O7. The van der Waals surface area contributed by atoms with E-state index in [-0.39, 0.29) is 25.5 Å². The molecule has 5 N–H and O–H groups in total. The van der Waals surface area contributed by atoms with Gasteiger partial charge in [-0.1, -0.05) is 13.8 Å². The number of carbonyl (C=O) groups excluding carboxylic acids is 5. The van der Waals surface area contributed by atoms with E-state index in [0.717, 1.165) is 0 Å². The minimum absolute atomic E-state index is 0.0372. The maximum atomic E-state index is 12.6. The zero-order valence-corrected chi connectivity index (χ0v) is 19.2. The van der Waals surface area contributed by atoms with Crippen LogP contribution in [0.5, 0.6) is 0 Å². The molecule has 0 rings (SSSR count). The zero-order valence-electron chi connectivity index (χ0n) is 19.2. The molecule has 0 aliphatic carbocycles. The van der Waals surface area contributed by atoms with Gasteiger partial charge >= 0.3 is 12.1 Å². The lowest BCUT2D eigenvalue weighted by molar-refractivity contribution is -0.148. The molecule has 11 heteroatoms. The summed E-state index contributed by atoms with van der Waals surface area (Å²) in [6.45, 7) is 10.6. The molecular weight excluding hydrogens is 408 g/mol. The van der Waals surface area contributed by atoms with Crippen molar-refractivity contribution in [2.75, 3.05) is 13.2 Å². The normalized spacial score (nSPS) is 13.0. The van der Waals surface area contributed by atoms with E-state index in [2.05, 4.69) is 16.0 Å². The fourth-order valence-corrected chi connectivity index (χ4v) is 2.47. The van der Waals surface area contributed by atoms with Gasteiger partial charge in [-0.15, -0.1) is 0 Å². The number of primary amides is 1. The minimum atomic E-state index is -1.27. The second-order valence-electron chi connectivity index (χ2n) is 8.41. The van der Waals surface area contributed by atoms with Gasteiger partial charge in [0.25, 0.3) is 0 Å². The molecule has 0 spiro atoms. The fraction of sp³-hybridized carbons (Fsp3) is 0.750. The number of nitrogens with two attached hydrogens (primary N) is 1. The lowest BCUT2D eigenvalue weighted by Crippen LogP contribution is -2.53. The second-order valence-corrected chi connectivity index (χ2v) is 8.41. The molecule has 0 saturated heterocycles. The average molecular weight is 445 g/mol. The first-order valence-electron chi connectivity index (χ1n) is 10.3. The Kier molecular flexibility index (Phi) is 12.2. The third-order valence-corrected chi connectivity index (χ3v) is 3.67. The van der Waals surface area contributed by atoms with Gasteiger partial charge in [0.05, 0.1) is 13.0 Å². The molecule has 0 heterocycles. The molecule has 0 aliphatic heterocycles. The third-order valence-electron chi connectivity index (χ3n) is 3.67. The number of ether oxygens (including phenoxy) is 2. The Balaban J connectivity index is 4.93. The Morgan fingerprint density at radius 3 is 2.10 bits per heavy atom. The molecule has 178 valence electrons. The highest BCUT2D eigenvalue weighted by atomic mass is 16.6. The summed E-state index contributed by atoms with van der Waals surface area (Å²) in [5.74, 6) is -2.64. The van der Waals surface area contributed by atoms with E-state index < -0.39 is 53.9 Å². The molecule has 0 aromatic heterocycles. The summed E-state index contributed by atoms with van der Waals surface area (Å²) in [4.78, 5) is 59.9. The molecule has 0 saturated carbocycles. The van der Waals surface area contributed by atoms with Gasteiger partial charge in [0, 0.05) is 13.0 Å². The summed E-state index contributed by atoms with van der Waals surface area (Å²) in [5.41, 5.74) is 4.51. The second kappa shape index (κ2) is 13.5. The van der Waals surface area contributed by atoms with E-state index in [0.29, 0.717) is 6.42 Å². The smallest absolute Gasteiger partial charge is 0.407 e. The van der Waals surface area contributed by atoms with Gasteiger partial charge in [0.2, 0.25) is 17.7 Å². The average Bonchev–Trinajstić information content (AvgIpc) is 2.58. The first kappa shape index (κ1) is 28.1. The number of carbonyl (C=O) groups is 5. The zero-order chi connectivity index (χ0) is 24.2. The lowest BCUT2D eigenvalue weighted by atomic mass is 10.0. The maximum absolute atomic E-state index is 12.6. The van der Waals surface area contributed by atoms with E-state index in [9.17, 15) is 24.0 Å². The van der Waals surface area contributed by atoms with E-state index in [1.54, 1.807) is 27.7 Å². The van der Waals surface area contributed by atoms with Gasteiger partial charge < -0.3 is 31.2 Å². The molecule has 0 fully saturated rings. The highest BCUT2D eigenvalue weighted by molar-refractivity contribution is 5.93. The van der Waals surface area contributed by atoms with Crippen LogP contribution < -0.4 is 21.7 Å². The number of hydrogen-bond acceptors (Lipinski definition) is 7. The summed E-state index contributed by atoms with van der Waals surface area (Å²) in [5, 5.41) is 7.34. The molecule has 2 atom stereocenters. The van der Waals surface area contributed by atoms with Crippen molar-refractivity contribution in [1.82, 2.24) is 16.0 Å². The number of amides is 4. The molecule has 0 aromatic carbocycles. The van der Waals surface area contributed by atoms with Crippen LogP contribution in [0.4, 0.5) is 4.79 Å². The van der Waals surface area contributed by atoms with Crippen LogP contribution in [0, 0.1) is 5.92 Å². The predicted molar refractivity (Wildman–Crippen MR) is 113 cm³/mol. The first-order chi connectivity index (χ1) is 14.2. The van der Waals surface area contributed by atoms with E-state index in [1.807, 2.05) is 13.8 Å². The quantitative estimate of drug-likeness (QED) is 0.315. The van der Waals surface area contributed by atoms with Crippen molar-refractivity contribution in [3.05, 3.63) is 0 Å². The highest BCUT2D eigenvalue weighted by Crippen LogP contribution is 2.08. The number of alkyl carbamates (subject to hydrolysis) is 1. The van der Waals surface area contributed by atoms with Crippen LogP contribution in [-0.2, 0) is 28.7 Å². The van der Waals surface area contributed by atoms with Crippen molar-refractivity contribution in [3.8, 4) is 0 Å². The topological polar surface area (TPSA) is 166 Å². The van der Waals surface area contributed by atoms with Crippen LogP contribution in [0.2, 0.25) is 0 Å². The molecule has 0 radical (unpaired) electrons. The van der Waals surface area contributed by atoms with Crippen LogP contribution in [-0.4, -0.2) is 60.6 Å². The third kappa shape index (κ3) is 13.9. The summed E-state index contributed by atoms with van der Waals surface area (Å²) in [6.07, 6.45) is -0.969. The highest BCUT2D eigenvalue weighted by Gasteiger charge is 2.29. The van der Waals surface area contributed by atoms with E-state index in [1.165, 1.54) is 0 Å². The number of hydrogen-bond donors (Lipinski definition) is 4. The lowest BCUT2D eigenvalue weighted by Gasteiger charge is -2.23. The van der Waals surface area contributed by atoms with Gasteiger partial charge in [0.1, 0.15) is 17.7 Å². The Morgan fingerprint density at radius 1 is 1.00 bits per heavy atom. The monoisotopic (exact) mass is 444 g/mol. The van der Waals surface area contributed by atoms with Crippen molar-refractivity contribution in [1.29, 1.82) is 0 Å². The van der Waals surface area contributed by atoms with E-state index >= 15 is 0 Å². The van der Waals surface area contributed by atoms with Crippen molar-refractivity contribution < 1.29 is 33.4 Å². The van der Waals surface area contributed by atoms with Crippen molar-refractivity contribution in [2.24, 2.45) is 11.7 Å². The summed E-state index contributed by atoms with van der Waals surface area (Å²) in [7, 11) is 0. The van der Waals surface area contributed by atoms with Crippen molar-refractivity contribution >= 4 is 29.8 Å². The SMILES string of the molecule is CCOC(=O)[C@H](CC(C)C)NC(=O)[C@H](CC(N)=O)NC(=O)CCNC(=O)OC(C)(C)C. The molecule has 11 nitrogen and oxygen atoms in total. The first-order valence-corrected chi connectivity index (χ1v) is 10.3. The van der Waals surface area contributed by atoms with Crippen molar-refractivity contribution in [2.45, 2.75) is 78.5 Å².